The molecule has 5 heteroatoms. The highest BCUT2D eigenvalue weighted by atomic mass is 32.2. The van der Waals surface area contributed by atoms with E-state index in [1.165, 1.54) is 22.7 Å². The van der Waals surface area contributed by atoms with Gasteiger partial charge in [-0.25, -0.2) is 4.39 Å². The molecule has 1 aromatic carbocycles. The predicted octanol–water partition coefficient (Wildman–Crippen LogP) is 2.78. The number of hydrogen-bond donors (Lipinski definition) is 1. The van der Waals surface area contributed by atoms with Crippen LogP contribution in [0.15, 0.2) is 34.9 Å². The van der Waals surface area contributed by atoms with E-state index < -0.39 is 0 Å². The highest BCUT2D eigenvalue weighted by Gasteiger charge is 2.22. The van der Waals surface area contributed by atoms with E-state index in [1.807, 2.05) is 11.9 Å². The number of benzene rings is 1. The van der Waals surface area contributed by atoms with Crippen molar-refractivity contribution in [2.75, 3.05) is 25.9 Å². The molecule has 0 aliphatic carbocycles. The van der Waals surface area contributed by atoms with Gasteiger partial charge in [-0.3, -0.25) is 4.79 Å². The second kappa shape index (κ2) is 7.50. The van der Waals surface area contributed by atoms with Crippen LogP contribution in [-0.2, 0) is 11.2 Å². The number of amides is 1. The molecule has 2 rings (SSSR count). The normalized spacial score (nSPS) is 15.3. The first-order valence-electron chi connectivity index (χ1n) is 7.18. The molecule has 21 heavy (non-hydrogen) atoms. The van der Waals surface area contributed by atoms with E-state index in [0.29, 0.717) is 13.0 Å². The quantitative estimate of drug-likeness (QED) is 0.908. The van der Waals surface area contributed by atoms with Gasteiger partial charge in [0.1, 0.15) is 5.82 Å². The van der Waals surface area contributed by atoms with Crippen LogP contribution in [0, 0.1) is 5.82 Å². The summed E-state index contributed by atoms with van der Waals surface area (Å²) in [5.41, 5.74) is 2.10. The molecule has 0 spiro atoms. The van der Waals surface area contributed by atoms with Crippen molar-refractivity contribution in [1.29, 1.82) is 0 Å². The van der Waals surface area contributed by atoms with E-state index in [9.17, 15) is 9.18 Å². The van der Waals surface area contributed by atoms with Crippen molar-refractivity contribution in [2.45, 2.75) is 19.8 Å². The van der Waals surface area contributed by atoms with Crippen LogP contribution in [0.2, 0.25) is 0 Å². The van der Waals surface area contributed by atoms with Gasteiger partial charge in [0, 0.05) is 30.6 Å². The minimum Gasteiger partial charge on any atom is -0.391 e. The SMILES string of the molecule is CCSC1=C(NC)CCN(C(=O)Cc2ccc(F)cc2)C1. The van der Waals surface area contributed by atoms with Crippen molar-refractivity contribution >= 4 is 17.7 Å². The van der Waals surface area contributed by atoms with Gasteiger partial charge in [-0.2, -0.15) is 0 Å². The van der Waals surface area contributed by atoms with E-state index >= 15 is 0 Å². The summed E-state index contributed by atoms with van der Waals surface area (Å²) in [7, 11) is 1.93. The van der Waals surface area contributed by atoms with Gasteiger partial charge in [-0.15, -0.1) is 11.8 Å². The molecule has 1 aliphatic heterocycles. The second-order valence-electron chi connectivity index (χ2n) is 4.95. The molecule has 0 fully saturated rings. The Balaban J connectivity index is 2.00. The number of nitrogens with zero attached hydrogens (tertiary/aromatic N) is 1. The molecular weight excluding hydrogens is 287 g/mol. The minimum atomic E-state index is -0.271. The lowest BCUT2D eigenvalue weighted by atomic mass is 10.1. The Kier molecular flexibility index (Phi) is 5.67. The largest absolute Gasteiger partial charge is 0.391 e. The molecule has 1 N–H and O–H groups in total. The van der Waals surface area contributed by atoms with Crippen molar-refractivity contribution < 1.29 is 9.18 Å². The molecular formula is C16H21FN2OS. The molecule has 0 saturated heterocycles. The molecule has 0 unspecified atom stereocenters. The molecule has 0 saturated carbocycles. The number of halogens is 1. The molecule has 0 aromatic heterocycles. The Hall–Kier alpha value is -1.49. The van der Waals surface area contributed by atoms with Gasteiger partial charge in [-0.05, 0) is 23.4 Å². The van der Waals surface area contributed by atoms with Gasteiger partial charge >= 0.3 is 0 Å². The average molecular weight is 308 g/mol. The second-order valence-corrected chi connectivity index (χ2v) is 6.31. The lowest BCUT2D eigenvalue weighted by Gasteiger charge is -2.30. The maximum Gasteiger partial charge on any atom is 0.227 e. The van der Waals surface area contributed by atoms with Crippen LogP contribution >= 0.6 is 11.8 Å². The molecule has 0 atom stereocenters. The van der Waals surface area contributed by atoms with Gasteiger partial charge < -0.3 is 10.2 Å². The molecule has 0 radical (unpaired) electrons. The zero-order valence-electron chi connectivity index (χ0n) is 12.5. The van der Waals surface area contributed by atoms with Crippen LogP contribution in [0.3, 0.4) is 0 Å². The maximum atomic E-state index is 12.9. The predicted molar refractivity (Wildman–Crippen MR) is 85.5 cm³/mol. The highest BCUT2D eigenvalue weighted by Crippen LogP contribution is 2.26. The van der Waals surface area contributed by atoms with Crippen molar-refractivity contribution in [3.8, 4) is 0 Å². The molecule has 1 aromatic rings. The van der Waals surface area contributed by atoms with E-state index in [0.717, 1.165) is 24.3 Å². The third kappa shape index (κ3) is 4.24. The van der Waals surface area contributed by atoms with Crippen LogP contribution < -0.4 is 5.32 Å². The fourth-order valence-electron chi connectivity index (χ4n) is 2.41. The fraction of sp³-hybridized carbons (Fsp3) is 0.438. The molecule has 3 nitrogen and oxygen atoms in total. The highest BCUT2D eigenvalue weighted by molar-refractivity contribution is 8.03. The maximum absolute atomic E-state index is 12.9. The monoisotopic (exact) mass is 308 g/mol. The summed E-state index contributed by atoms with van der Waals surface area (Å²) >= 11 is 1.79. The van der Waals surface area contributed by atoms with Crippen molar-refractivity contribution in [1.82, 2.24) is 10.2 Å². The van der Waals surface area contributed by atoms with Crippen molar-refractivity contribution in [3.63, 3.8) is 0 Å². The summed E-state index contributed by atoms with van der Waals surface area (Å²) < 4.78 is 12.9. The number of carbonyl (C=O) groups excluding carboxylic acids is 1. The molecule has 114 valence electrons. The lowest BCUT2D eigenvalue weighted by Crippen LogP contribution is -2.39. The van der Waals surface area contributed by atoms with Gasteiger partial charge in [-0.1, -0.05) is 19.1 Å². The zero-order chi connectivity index (χ0) is 15.2. The van der Waals surface area contributed by atoms with Crippen LogP contribution in [0.1, 0.15) is 18.9 Å². The van der Waals surface area contributed by atoms with Crippen LogP contribution in [-0.4, -0.2) is 36.7 Å². The van der Waals surface area contributed by atoms with Gasteiger partial charge in [0.05, 0.1) is 13.0 Å². The first kappa shape index (κ1) is 15.9. The Morgan fingerprint density at radius 1 is 1.38 bits per heavy atom. The Morgan fingerprint density at radius 2 is 2.10 bits per heavy atom. The Morgan fingerprint density at radius 3 is 2.71 bits per heavy atom. The summed E-state index contributed by atoms with van der Waals surface area (Å²) in [4.78, 5) is 15.5. The zero-order valence-corrected chi connectivity index (χ0v) is 13.3. The number of hydrogen-bond acceptors (Lipinski definition) is 3. The molecule has 1 amide bonds. The van der Waals surface area contributed by atoms with Gasteiger partial charge in [0.2, 0.25) is 5.91 Å². The first-order valence-corrected chi connectivity index (χ1v) is 8.17. The topological polar surface area (TPSA) is 32.3 Å². The standard InChI is InChI=1S/C16H21FN2OS/c1-3-21-15-11-19(9-8-14(15)18-2)16(20)10-12-4-6-13(17)7-5-12/h4-7,18H,3,8-11H2,1-2H3. The van der Waals surface area contributed by atoms with Crippen molar-refractivity contribution in [3.05, 3.63) is 46.2 Å². The number of thioether (sulfide) groups is 1. The summed E-state index contributed by atoms with van der Waals surface area (Å²) in [6, 6.07) is 6.15. The number of nitrogens with one attached hydrogen (secondary N) is 1. The first-order chi connectivity index (χ1) is 10.1. The van der Waals surface area contributed by atoms with Crippen molar-refractivity contribution in [2.24, 2.45) is 0 Å². The lowest BCUT2D eigenvalue weighted by molar-refractivity contribution is -0.130. The minimum absolute atomic E-state index is 0.103. The van der Waals surface area contributed by atoms with Gasteiger partial charge in [0.25, 0.3) is 0 Å². The molecule has 0 bridgehead atoms. The third-order valence-corrected chi connectivity index (χ3v) is 4.56. The summed E-state index contributed by atoms with van der Waals surface area (Å²) in [6.07, 6.45) is 1.20. The third-order valence-electron chi connectivity index (χ3n) is 3.54. The smallest absolute Gasteiger partial charge is 0.227 e. The molecule has 1 aliphatic rings. The Bertz CT molecular complexity index is 528. The van der Waals surface area contributed by atoms with Gasteiger partial charge in [0.15, 0.2) is 0 Å². The Labute approximate surface area is 129 Å². The summed E-state index contributed by atoms with van der Waals surface area (Å²) in [5, 5.41) is 3.23. The summed E-state index contributed by atoms with van der Waals surface area (Å²) in [6.45, 7) is 3.53. The van der Waals surface area contributed by atoms with E-state index in [-0.39, 0.29) is 11.7 Å². The van der Waals surface area contributed by atoms with E-state index in [4.69, 9.17) is 0 Å². The number of rotatable bonds is 5. The average Bonchev–Trinajstić information content (AvgIpc) is 2.50. The molecule has 1 heterocycles. The van der Waals surface area contributed by atoms with E-state index in [2.05, 4.69) is 12.2 Å². The summed E-state index contributed by atoms with van der Waals surface area (Å²) in [5.74, 6) is 0.832. The fourth-order valence-corrected chi connectivity index (χ4v) is 3.38. The van der Waals surface area contributed by atoms with Crippen LogP contribution in [0.25, 0.3) is 0 Å². The number of carbonyl (C=O) groups is 1. The van der Waals surface area contributed by atoms with Crippen LogP contribution in [0.4, 0.5) is 4.39 Å². The van der Waals surface area contributed by atoms with E-state index in [1.54, 1.807) is 23.9 Å². The van der Waals surface area contributed by atoms with Crippen LogP contribution in [0.5, 0.6) is 0 Å².